The van der Waals surface area contributed by atoms with Crippen molar-refractivity contribution in [3.05, 3.63) is 0 Å². The van der Waals surface area contributed by atoms with Gasteiger partial charge in [0.1, 0.15) is 0 Å². The van der Waals surface area contributed by atoms with Crippen molar-refractivity contribution in [2.75, 3.05) is 0 Å². The van der Waals surface area contributed by atoms with Crippen LogP contribution in [0.15, 0.2) is 0 Å². The lowest BCUT2D eigenvalue weighted by Gasteiger charge is -2.66. The van der Waals surface area contributed by atoms with E-state index in [4.69, 9.17) is 0 Å². The zero-order chi connectivity index (χ0) is 25.2. The van der Waals surface area contributed by atoms with Crippen LogP contribution in [0.3, 0.4) is 0 Å². The van der Waals surface area contributed by atoms with E-state index in [-0.39, 0.29) is 8.57 Å². The number of rotatable bonds is 8. The number of hydrogen-bond donors (Lipinski definition) is 2. The molecular formula is C24H58O2Si5. The minimum atomic E-state index is -3.65. The second-order valence-electron chi connectivity index (χ2n) is 14.5. The smallest absolute Gasteiger partial charge is 0.334 e. The van der Waals surface area contributed by atoms with Crippen LogP contribution in [0.2, 0.25) is 83.1 Å². The van der Waals surface area contributed by atoms with Crippen LogP contribution in [0, 0.1) is 0 Å². The van der Waals surface area contributed by atoms with Crippen LogP contribution in [0.1, 0.15) is 68.2 Å². The largest absolute Gasteiger partial charge is 0.411 e. The molecule has 1 aliphatic rings. The van der Waals surface area contributed by atoms with E-state index in [1.54, 1.807) is 0 Å². The predicted octanol–water partition coefficient (Wildman–Crippen LogP) is 8.32. The van der Waals surface area contributed by atoms with Crippen molar-refractivity contribution < 1.29 is 9.59 Å². The molecule has 0 unspecified atom stereocenters. The minimum Gasteiger partial charge on any atom is -0.411 e. The summed E-state index contributed by atoms with van der Waals surface area (Å²) in [5.74, 6) is 0. The highest BCUT2D eigenvalue weighted by atomic mass is 28.5. The highest BCUT2D eigenvalue weighted by molar-refractivity contribution is 7.24. The average Bonchev–Trinajstić information content (AvgIpc) is 2.84. The first kappa shape index (κ1) is 30.0. The first-order valence-corrected chi connectivity index (χ1v) is 27.1. The van der Waals surface area contributed by atoms with Gasteiger partial charge in [0, 0.05) is 8.57 Å². The summed E-state index contributed by atoms with van der Waals surface area (Å²) in [5, 5.41) is 0. The van der Waals surface area contributed by atoms with Crippen LogP contribution in [0.25, 0.3) is 0 Å². The topological polar surface area (TPSA) is 40.5 Å². The molecule has 7 heteroatoms. The fraction of sp³-hybridized carbons (Fsp3) is 1.00. The van der Waals surface area contributed by atoms with E-state index in [1.165, 1.54) is 0 Å². The van der Waals surface area contributed by atoms with Crippen LogP contribution in [0.4, 0.5) is 0 Å². The van der Waals surface area contributed by atoms with Crippen LogP contribution in [-0.4, -0.2) is 50.4 Å². The molecule has 2 N–H and O–H groups in total. The van der Waals surface area contributed by atoms with Crippen LogP contribution in [-0.2, 0) is 0 Å². The van der Waals surface area contributed by atoms with Gasteiger partial charge in [-0.1, -0.05) is 143 Å². The zero-order valence-corrected chi connectivity index (χ0v) is 29.1. The third-order valence-electron chi connectivity index (χ3n) is 12.2. The summed E-state index contributed by atoms with van der Waals surface area (Å²) in [4.78, 5) is 26.4. The Hall–Kier alpha value is 1.00. The van der Waals surface area contributed by atoms with Crippen molar-refractivity contribution in [1.82, 2.24) is 0 Å². The van der Waals surface area contributed by atoms with Gasteiger partial charge in [0.05, 0.1) is 32.3 Å². The first-order chi connectivity index (χ1) is 13.5. The van der Waals surface area contributed by atoms with Gasteiger partial charge in [-0.15, -0.1) is 0 Å². The second kappa shape index (κ2) is 8.59. The maximum Gasteiger partial charge on any atom is 0.334 e. The molecule has 0 radical (unpaired) electrons. The Bertz CT molecular complexity index is 554. The van der Waals surface area contributed by atoms with E-state index in [0.717, 1.165) is 12.8 Å². The van der Waals surface area contributed by atoms with Crippen molar-refractivity contribution in [2.45, 2.75) is 151 Å². The van der Waals surface area contributed by atoms with Crippen LogP contribution >= 0.6 is 0 Å². The summed E-state index contributed by atoms with van der Waals surface area (Å²) in [6, 6.07) is 0. The maximum absolute atomic E-state index is 13.2. The summed E-state index contributed by atoms with van der Waals surface area (Å²) in [5.41, 5.74) is 2.25. The fourth-order valence-electron chi connectivity index (χ4n) is 7.81. The van der Waals surface area contributed by atoms with Gasteiger partial charge < -0.3 is 9.59 Å². The second-order valence-corrected chi connectivity index (χ2v) is 42.3. The molecule has 1 heterocycles. The molecule has 186 valence electrons. The van der Waals surface area contributed by atoms with Gasteiger partial charge in [0.2, 0.25) is 0 Å². The minimum absolute atomic E-state index is 0.159. The summed E-state index contributed by atoms with van der Waals surface area (Å²) in [7, 11) is -11.6. The molecule has 0 aromatic heterocycles. The van der Waals surface area contributed by atoms with E-state index < -0.39 is 40.9 Å². The van der Waals surface area contributed by atoms with Crippen molar-refractivity contribution in [3.8, 4) is 0 Å². The Labute approximate surface area is 201 Å². The van der Waals surface area contributed by atoms with Gasteiger partial charge in [-0.25, -0.2) is 0 Å². The Balaban J connectivity index is 4.26. The molecule has 0 spiro atoms. The predicted molar refractivity (Wildman–Crippen MR) is 155 cm³/mol. The van der Waals surface area contributed by atoms with Gasteiger partial charge in [-0.3, -0.25) is 0 Å². The van der Waals surface area contributed by atoms with Crippen molar-refractivity contribution >= 4 is 40.9 Å². The van der Waals surface area contributed by atoms with Crippen LogP contribution in [0.5, 0.6) is 0 Å². The Kier molecular flexibility index (Phi) is 8.32. The molecule has 0 saturated carbocycles. The summed E-state index contributed by atoms with van der Waals surface area (Å²) in [6.45, 7) is 39.4. The first-order valence-electron chi connectivity index (χ1n) is 12.9. The lowest BCUT2D eigenvalue weighted by Crippen LogP contribution is -2.79. The Morgan fingerprint density at radius 1 is 0.484 bits per heavy atom. The van der Waals surface area contributed by atoms with Gasteiger partial charge in [-0.2, -0.15) is 0 Å². The van der Waals surface area contributed by atoms with Gasteiger partial charge in [-0.05, 0) is 0 Å². The van der Waals surface area contributed by atoms with Crippen LogP contribution < -0.4 is 0 Å². The van der Waals surface area contributed by atoms with Crippen molar-refractivity contribution in [3.63, 3.8) is 0 Å². The molecule has 1 saturated heterocycles. The van der Waals surface area contributed by atoms with Gasteiger partial charge in [0.25, 0.3) is 0 Å². The molecule has 0 bridgehead atoms. The lowest BCUT2D eigenvalue weighted by molar-refractivity contribution is 0.338. The van der Waals surface area contributed by atoms with E-state index in [9.17, 15) is 9.59 Å². The fourth-order valence-corrected chi connectivity index (χ4v) is 55.2. The van der Waals surface area contributed by atoms with Crippen molar-refractivity contribution in [2.24, 2.45) is 0 Å². The SMILES string of the molecule is CC(C)[Si](C)(C)C1([Si](C)(C)C(C)C)CCC([Si](C)(C)C(C)C)([Si](C)(C)C(C)C)[Si]1(O)O. The summed E-state index contributed by atoms with van der Waals surface area (Å²) >= 11 is 0. The Morgan fingerprint density at radius 2 is 0.645 bits per heavy atom. The Morgan fingerprint density at radius 3 is 0.774 bits per heavy atom. The van der Waals surface area contributed by atoms with Gasteiger partial charge in [0.15, 0.2) is 0 Å². The van der Waals surface area contributed by atoms with E-state index in [1.807, 2.05) is 0 Å². The van der Waals surface area contributed by atoms with E-state index >= 15 is 0 Å². The van der Waals surface area contributed by atoms with E-state index in [2.05, 4.69) is 108 Å². The molecular weight excluding hydrogens is 461 g/mol. The third-order valence-corrected chi connectivity index (χ3v) is 56.1. The van der Waals surface area contributed by atoms with Crippen molar-refractivity contribution in [1.29, 1.82) is 0 Å². The molecule has 31 heavy (non-hydrogen) atoms. The summed E-state index contributed by atoms with van der Waals surface area (Å²) in [6.07, 6.45) is 2.18. The molecule has 0 aromatic carbocycles. The average molecular weight is 519 g/mol. The highest BCUT2D eigenvalue weighted by Crippen LogP contribution is 2.77. The molecule has 1 fully saturated rings. The molecule has 2 nitrogen and oxygen atoms in total. The highest BCUT2D eigenvalue weighted by Gasteiger charge is 2.85. The maximum atomic E-state index is 13.2. The molecule has 0 atom stereocenters. The normalized spacial score (nSPS) is 22.3. The molecule has 1 aliphatic heterocycles. The lowest BCUT2D eigenvalue weighted by atomic mass is 10.4. The molecule has 0 aliphatic carbocycles. The third kappa shape index (κ3) is 3.53. The molecule has 0 aromatic rings. The van der Waals surface area contributed by atoms with E-state index in [0.29, 0.717) is 22.2 Å². The standard InChI is InChI=1S/C24H58O2Si5/c1-19(2)27(9,10)23(28(11,12)20(3)4)17-18-24(31(23,25)26,29(13,14)21(5)6)30(15,16)22(7)8/h19-22,25-26H,17-18H2,1-16H3. The number of hydrogen-bond acceptors (Lipinski definition) is 2. The monoisotopic (exact) mass is 518 g/mol. The van der Waals surface area contributed by atoms with Gasteiger partial charge >= 0.3 is 8.56 Å². The summed E-state index contributed by atoms with van der Waals surface area (Å²) < 4.78 is -0.318. The zero-order valence-electron chi connectivity index (χ0n) is 24.1. The molecule has 1 rings (SSSR count). The quantitative estimate of drug-likeness (QED) is 0.317. The molecule has 0 amide bonds.